The standard InChI is InChI=1S/C18H26N2O2/c1-13(21)9-16(15-5-3-2-4-6-15)11-19-18(22)20-12-14-7-8-17(20)10-14/h2-6,13-14,16-17,21H,7-12H2,1H3,(H,19,22). The van der Waals surface area contributed by atoms with Crippen LogP contribution in [0, 0.1) is 5.92 Å². The molecule has 3 rings (SSSR count). The molecule has 2 amide bonds. The average molecular weight is 302 g/mol. The quantitative estimate of drug-likeness (QED) is 0.878. The number of hydrogen-bond donors (Lipinski definition) is 2. The molecule has 1 aromatic carbocycles. The van der Waals surface area contributed by atoms with Crippen molar-refractivity contribution in [2.45, 2.75) is 50.7 Å². The van der Waals surface area contributed by atoms with Crippen LogP contribution < -0.4 is 5.32 Å². The normalized spacial score (nSPS) is 26.0. The van der Waals surface area contributed by atoms with Crippen molar-refractivity contribution < 1.29 is 9.90 Å². The number of amides is 2. The number of aliphatic hydroxyl groups excluding tert-OH is 1. The van der Waals surface area contributed by atoms with E-state index >= 15 is 0 Å². The monoisotopic (exact) mass is 302 g/mol. The molecule has 0 spiro atoms. The van der Waals surface area contributed by atoms with E-state index in [4.69, 9.17) is 0 Å². The fourth-order valence-corrected chi connectivity index (χ4v) is 3.96. The molecule has 4 heteroatoms. The van der Waals surface area contributed by atoms with Gasteiger partial charge >= 0.3 is 6.03 Å². The Bertz CT molecular complexity index is 503. The van der Waals surface area contributed by atoms with E-state index in [0.717, 1.165) is 18.9 Å². The van der Waals surface area contributed by atoms with Crippen molar-refractivity contribution in [2.24, 2.45) is 5.92 Å². The molecule has 4 unspecified atom stereocenters. The summed E-state index contributed by atoms with van der Waals surface area (Å²) >= 11 is 0. The van der Waals surface area contributed by atoms with Crippen LogP contribution in [0.3, 0.4) is 0 Å². The minimum Gasteiger partial charge on any atom is -0.393 e. The SMILES string of the molecule is CC(O)CC(CNC(=O)N1CC2CCC1C2)c1ccccc1. The summed E-state index contributed by atoms with van der Waals surface area (Å²) in [5.41, 5.74) is 1.17. The molecule has 1 saturated heterocycles. The second-order valence-corrected chi connectivity index (χ2v) is 6.86. The second kappa shape index (κ2) is 6.69. The average Bonchev–Trinajstić information content (AvgIpc) is 3.14. The summed E-state index contributed by atoms with van der Waals surface area (Å²) in [4.78, 5) is 14.4. The summed E-state index contributed by atoms with van der Waals surface area (Å²) in [5, 5.41) is 12.8. The topological polar surface area (TPSA) is 52.6 Å². The number of carbonyl (C=O) groups excluding carboxylic acids is 1. The number of likely N-dealkylation sites (tertiary alicyclic amines) is 1. The zero-order chi connectivity index (χ0) is 15.5. The molecular weight excluding hydrogens is 276 g/mol. The van der Waals surface area contributed by atoms with Crippen LogP contribution in [0.2, 0.25) is 0 Å². The van der Waals surface area contributed by atoms with E-state index < -0.39 is 0 Å². The van der Waals surface area contributed by atoms with Gasteiger partial charge in [0.2, 0.25) is 0 Å². The molecule has 4 nitrogen and oxygen atoms in total. The minimum absolute atomic E-state index is 0.0683. The van der Waals surface area contributed by atoms with Crippen LogP contribution >= 0.6 is 0 Å². The van der Waals surface area contributed by atoms with Crippen molar-refractivity contribution in [1.82, 2.24) is 10.2 Å². The zero-order valence-corrected chi connectivity index (χ0v) is 13.2. The summed E-state index contributed by atoms with van der Waals surface area (Å²) in [5.74, 6) is 0.878. The molecule has 1 aliphatic heterocycles. The summed E-state index contributed by atoms with van der Waals surface area (Å²) in [6.07, 6.45) is 3.92. The molecule has 1 aliphatic carbocycles. The van der Waals surface area contributed by atoms with Gasteiger partial charge in [0, 0.05) is 25.0 Å². The third-order valence-electron chi connectivity index (χ3n) is 5.07. The number of nitrogens with one attached hydrogen (secondary N) is 1. The van der Waals surface area contributed by atoms with Gasteiger partial charge in [-0.1, -0.05) is 30.3 Å². The Labute approximate surface area is 132 Å². The fraction of sp³-hybridized carbons (Fsp3) is 0.611. The number of carbonyl (C=O) groups is 1. The summed E-state index contributed by atoms with van der Waals surface area (Å²) in [7, 11) is 0. The number of rotatable bonds is 5. The van der Waals surface area contributed by atoms with Gasteiger partial charge in [-0.25, -0.2) is 4.79 Å². The first kappa shape index (κ1) is 15.3. The second-order valence-electron chi connectivity index (χ2n) is 6.86. The van der Waals surface area contributed by atoms with Gasteiger partial charge in [0.1, 0.15) is 0 Å². The maximum atomic E-state index is 12.4. The van der Waals surface area contributed by atoms with Crippen LogP contribution in [-0.4, -0.2) is 41.3 Å². The van der Waals surface area contributed by atoms with Crippen LogP contribution in [0.4, 0.5) is 4.79 Å². The van der Waals surface area contributed by atoms with E-state index in [-0.39, 0.29) is 18.1 Å². The molecule has 2 fully saturated rings. The van der Waals surface area contributed by atoms with Crippen molar-refractivity contribution in [1.29, 1.82) is 0 Å². The van der Waals surface area contributed by atoms with Crippen molar-refractivity contribution in [2.75, 3.05) is 13.1 Å². The summed E-state index contributed by atoms with van der Waals surface area (Å²) in [6.45, 7) is 3.31. The lowest BCUT2D eigenvalue weighted by atomic mass is 9.93. The van der Waals surface area contributed by atoms with Gasteiger partial charge in [0.05, 0.1) is 6.10 Å². The van der Waals surface area contributed by atoms with Gasteiger partial charge in [0.15, 0.2) is 0 Å². The number of piperidine rings is 1. The van der Waals surface area contributed by atoms with E-state index in [0.29, 0.717) is 19.0 Å². The number of urea groups is 1. The molecule has 0 aromatic heterocycles. The van der Waals surface area contributed by atoms with Gasteiger partial charge in [-0.05, 0) is 44.1 Å². The highest BCUT2D eigenvalue weighted by Gasteiger charge is 2.40. The first-order chi connectivity index (χ1) is 10.6. The highest BCUT2D eigenvalue weighted by Crippen LogP contribution is 2.37. The Balaban J connectivity index is 1.58. The molecule has 4 atom stereocenters. The molecule has 120 valence electrons. The lowest BCUT2D eigenvalue weighted by Gasteiger charge is -2.28. The largest absolute Gasteiger partial charge is 0.393 e. The van der Waals surface area contributed by atoms with Gasteiger partial charge in [-0.3, -0.25) is 0 Å². The van der Waals surface area contributed by atoms with Gasteiger partial charge in [-0.15, -0.1) is 0 Å². The molecule has 22 heavy (non-hydrogen) atoms. The minimum atomic E-state index is -0.370. The molecule has 1 saturated carbocycles. The number of fused-ring (bicyclic) bond motifs is 2. The Morgan fingerprint density at radius 3 is 2.73 bits per heavy atom. The van der Waals surface area contributed by atoms with Crippen molar-refractivity contribution in [3.8, 4) is 0 Å². The molecule has 0 radical (unpaired) electrons. The molecule has 1 aromatic rings. The summed E-state index contributed by atoms with van der Waals surface area (Å²) in [6, 6.07) is 10.7. The maximum Gasteiger partial charge on any atom is 0.317 e. The van der Waals surface area contributed by atoms with E-state index in [2.05, 4.69) is 17.4 Å². The van der Waals surface area contributed by atoms with Crippen molar-refractivity contribution in [3.63, 3.8) is 0 Å². The van der Waals surface area contributed by atoms with Crippen molar-refractivity contribution in [3.05, 3.63) is 35.9 Å². The lowest BCUT2D eigenvalue weighted by molar-refractivity contribution is 0.166. The van der Waals surface area contributed by atoms with E-state index in [1.165, 1.54) is 18.4 Å². The first-order valence-corrected chi connectivity index (χ1v) is 8.41. The van der Waals surface area contributed by atoms with Crippen LogP contribution in [-0.2, 0) is 0 Å². The molecular formula is C18H26N2O2. The predicted octanol–water partition coefficient (Wildman–Crippen LogP) is 2.74. The van der Waals surface area contributed by atoms with E-state index in [9.17, 15) is 9.90 Å². The van der Waals surface area contributed by atoms with Crippen LogP contribution in [0.25, 0.3) is 0 Å². The van der Waals surface area contributed by atoms with E-state index in [1.807, 2.05) is 23.1 Å². The molecule has 2 bridgehead atoms. The number of benzene rings is 1. The number of hydrogen-bond acceptors (Lipinski definition) is 2. The van der Waals surface area contributed by atoms with Crippen molar-refractivity contribution >= 4 is 6.03 Å². The van der Waals surface area contributed by atoms with Gasteiger partial charge < -0.3 is 15.3 Å². The summed E-state index contributed by atoms with van der Waals surface area (Å²) < 4.78 is 0. The Morgan fingerprint density at radius 2 is 2.14 bits per heavy atom. The third-order valence-corrected chi connectivity index (χ3v) is 5.07. The smallest absolute Gasteiger partial charge is 0.317 e. The lowest BCUT2D eigenvalue weighted by Crippen LogP contribution is -2.45. The predicted molar refractivity (Wildman–Crippen MR) is 86.7 cm³/mol. The van der Waals surface area contributed by atoms with Gasteiger partial charge in [0.25, 0.3) is 0 Å². The molecule has 2 aliphatic rings. The van der Waals surface area contributed by atoms with Crippen LogP contribution in [0.15, 0.2) is 30.3 Å². The zero-order valence-electron chi connectivity index (χ0n) is 13.2. The Hall–Kier alpha value is -1.55. The van der Waals surface area contributed by atoms with Crippen LogP contribution in [0.1, 0.15) is 44.1 Å². The highest BCUT2D eigenvalue weighted by atomic mass is 16.3. The molecule has 1 heterocycles. The molecule has 2 N–H and O–H groups in total. The van der Waals surface area contributed by atoms with Crippen LogP contribution in [0.5, 0.6) is 0 Å². The third kappa shape index (κ3) is 3.43. The fourth-order valence-electron chi connectivity index (χ4n) is 3.96. The number of nitrogens with zero attached hydrogens (tertiary/aromatic N) is 1. The number of aliphatic hydroxyl groups is 1. The van der Waals surface area contributed by atoms with Gasteiger partial charge in [-0.2, -0.15) is 0 Å². The Kier molecular flexibility index (Phi) is 4.67. The first-order valence-electron chi connectivity index (χ1n) is 8.41. The highest BCUT2D eigenvalue weighted by molar-refractivity contribution is 5.75. The maximum absolute atomic E-state index is 12.4. The Morgan fingerprint density at radius 1 is 1.36 bits per heavy atom. The van der Waals surface area contributed by atoms with E-state index in [1.54, 1.807) is 6.92 Å².